The number of para-hydroxylation sites is 1. The molecule has 2 aliphatic rings. The number of carbonyl (C=O) groups excluding carboxylic acids is 1. The molecule has 1 fully saturated rings. The van der Waals surface area contributed by atoms with Gasteiger partial charge in [-0.1, -0.05) is 30.8 Å². The number of allylic oxidation sites excluding steroid dienone is 2. The van der Waals surface area contributed by atoms with E-state index in [1.807, 2.05) is 13.0 Å². The number of Topliss-reactive ketones (excluding diaryl/α,β-unsaturated/α-hetero) is 1. The smallest absolute Gasteiger partial charge is 0.264 e. The van der Waals surface area contributed by atoms with Gasteiger partial charge in [-0.25, -0.2) is 0 Å². The number of hydrogen-bond acceptors (Lipinski definition) is 4. The highest BCUT2D eigenvalue weighted by atomic mass is 32.2. The highest BCUT2D eigenvalue weighted by molar-refractivity contribution is 8.03. The van der Waals surface area contributed by atoms with Gasteiger partial charge >= 0.3 is 0 Å². The Morgan fingerprint density at radius 3 is 2.83 bits per heavy atom. The lowest BCUT2D eigenvalue weighted by Crippen LogP contribution is -2.21. The molecule has 1 aromatic rings. The Kier molecular flexibility index (Phi) is 4.69. The number of ketones is 1. The number of hydrogen-bond donors (Lipinski definition) is 0. The Balaban J connectivity index is 1.95. The van der Waals surface area contributed by atoms with Crippen molar-refractivity contribution >= 4 is 35.7 Å². The standard InChI is InChI=1S/C18H21N2OS2/c1-4-14-17(21)13(11-20(14)22)10-12(3)18-19(5-2)15-8-6-7-9-16(15)23-18/h6-10,14H,4-5,11H2,1-3H3/q+1. The van der Waals surface area contributed by atoms with E-state index in [9.17, 15) is 4.79 Å². The third-order valence-electron chi connectivity index (χ3n) is 4.33. The number of rotatable bonds is 3. The van der Waals surface area contributed by atoms with Crippen molar-refractivity contribution in [3.05, 3.63) is 46.5 Å². The van der Waals surface area contributed by atoms with E-state index in [4.69, 9.17) is 12.4 Å². The minimum atomic E-state index is -0.134. The van der Waals surface area contributed by atoms with E-state index in [0.717, 1.165) is 24.1 Å². The van der Waals surface area contributed by atoms with Crippen LogP contribution in [-0.4, -0.2) is 28.9 Å². The lowest BCUT2D eigenvalue weighted by molar-refractivity contribution is -0.503. The molecule has 3 rings (SSSR count). The summed E-state index contributed by atoms with van der Waals surface area (Å²) in [5, 5.41) is 1.21. The molecule has 1 unspecified atom stereocenters. The molecule has 5 heteroatoms. The predicted octanol–water partition coefficient (Wildman–Crippen LogP) is 3.88. The number of benzene rings is 1. The van der Waals surface area contributed by atoms with Crippen LogP contribution in [0, 0.1) is 0 Å². The van der Waals surface area contributed by atoms with Crippen LogP contribution in [0.5, 0.6) is 0 Å². The molecule has 0 bridgehead atoms. The van der Waals surface area contributed by atoms with Gasteiger partial charge in [0.15, 0.2) is 6.54 Å². The third-order valence-corrected chi connectivity index (χ3v) is 6.02. The number of anilines is 1. The highest BCUT2D eigenvalue weighted by Crippen LogP contribution is 2.47. The molecule has 0 aliphatic carbocycles. The first kappa shape index (κ1) is 16.4. The zero-order valence-corrected chi connectivity index (χ0v) is 15.3. The third kappa shape index (κ3) is 2.88. The number of nitrogens with zero attached hydrogens (tertiary/aromatic N) is 2. The Morgan fingerprint density at radius 2 is 2.17 bits per heavy atom. The first-order valence-electron chi connectivity index (χ1n) is 8.00. The first-order valence-corrected chi connectivity index (χ1v) is 9.18. The molecule has 1 aromatic carbocycles. The Bertz CT molecular complexity index is 736. The molecule has 1 saturated heterocycles. The van der Waals surface area contributed by atoms with Gasteiger partial charge in [0, 0.05) is 17.9 Å². The summed E-state index contributed by atoms with van der Waals surface area (Å²) in [4.78, 5) is 16.0. The normalized spacial score (nSPS) is 24.6. The lowest BCUT2D eigenvalue weighted by Gasteiger charge is -2.19. The van der Waals surface area contributed by atoms with Gasteiger partial charge < -0.3 is 4.90 Å². The molecule has 0 N–H and O–H groups in total. The van der Waals surface area contributed by atoms with Crippen LogP contribution in [0.1, 0.15) is 27.2 Å². The van der Waals surface area contributed by atoms with Crippen molar-refractivity contribution in [2.24, 2.45) is 0 Å². The zero-order valence-electron chi connectivity index (χ0n) is 13.7. The van der Waals surface area contributed by atoms with Crippen LogP contribution in [0.2, 0.25) is 0 Å². The fourth-order valence-corrected chi connectivity index (χ4v) is 4.75. The molecular formula is C18H21N2OS2+. The van der Waals surface area contributed by atoms with Crippen molar-refractivity contribution < 1.29 is 8.74 Å². The van der Waals surface area contributed by atoms with E-state index < -0.39 is 0 Å². The van der Waals surface area contributed by atoms with E-state index in [-0.39, 0.29) is 11.8 Å². The number of carbonyl (C=O) groups is 1. The van der Waals surface area contributed by atoms with Crippen molar-refractivity contribution in [3.8, 4) is 0 Å². The van der Waals surface area contributed by atoms with Crippen LogP contribution in [0.25, 0.3) is 0 Å². The second kappa shape index (κ2) is 6.57. The van der Waals surface area contributed by atoms with Gasteiger partial charge in [0.1, 0.15) is 0 Å². The maximum atomic E-state index is 12.4. The summed E-state index contributed by atoms with van der Waals surface area (Å²) in [6.07, 6.45) is 2.81. The summed E-state index contributed by atoms with van der Waals surface area (Å²) in [7, 11) is 0. The van der Waals surface area contributed by atoms with E-state index in [0.29, 0.717) is 6.54 Å². The fraction of sp³-hybridized carbons (Fsp3) is 0.389. The van der Waals surface area contributed by atoms with Crippen molar-refractivity contribution in [2.45, 2.75) is 38.1 Å². The molecule has 23 heavy (non-hydrogen) atoms. The second-order valence-corrected chi connectivity index (χ2v) is 7.33. The van der Waals surface area contributed by atoms with Gasteiger partial charge in [0.25, 0.3) is 12.4 Å². The van der Waals surface area contributed by atoms with E-state index >= 15 is 0 Å². The van der Waals surface area contributed by atoms with Gasteiger partial charge in [-0.15, -0.1) is 3.95 Å². The molecule has 0 amide bonds. The van der Waals surface area contributed by atoms with Crippen LogP contribution in [-0.2, 0) is 17.2 Å². The number of fused-ring (bicyclic) bond motifs is 1. The monoisotopic (exact) mass is 345 g/mol. The SMILES string of the molecule is CCC1C(=O)C(=CC(C)=C2Sc3ccccc3N2CC)C[N+]1=S. The molecule has 3 nitrogen and oxygen atoms in total. The molecule has 0 spiro atoms. The number of thioether (sulfide) groups is 1. The molecule has 1 atom stereocenters. The van der Waals surface area contributed by atoms with Crippen molar-refractivity contribution in [1.29, 1.82) is 0 Å². The second-order valence-electron chi connectivity index (χ2n) is 5.84. The Labute approximate surface area is 147 Å². The minimum absolute atomic E-state index is 0.134. The van der Waals surface area contributed by atoms with Gasteiger partial charge in [-0.05, 0) is 37.6 Å². The van der Waals surface area contributed by atoms with E-state index in [2.05, 4.69) is 43.0 Å². The van der Waals surface area contributed by atoms with Crippen molar-refractivity contribution in [2.75, 3.05) is 18.0 Å². The van der Waals surface area contributed by atoms with Crippen LogP contribution in [0.4, 0.5) is 5.69 Å². The molecular weight excluding hydrogens is 324 g/mol. The highest BCUT2D eigenvalue weighted by Gasteiger charge is 2.39. The van der Waals surface area contributed by atoms with Gasteiger partial charge in [0.05, 0.1) is 16.3 Å². The molecule has 120 valence electrons. The molecule has 2 heterocycles. The minimum Gasteiger partial charge on any atom is -0.335 e. The van der Waals surface area contributed by atoms with Crippen molar-refractivity contribution in [3.63, 3.8) is 0 Å². The summed E-state index contributed by atoms with van der Waals surface area (Å²) in [5.74, 6) is 0.186. The topological polar surface area (TPSA) is 23.3 Å². The van der Waals surface area contributed by atoms with Crippen molar-refractivity contribution in [1.82, 2.24) is 0 Å². The first-order chi connectivity index (χ1) is 11.1. The average Bonchev–Trinajstić information content (AvgIpc) is 3.05. The Hall–Kier alpha value is -1.46. The maximum Gasteiger partial charge on any atom is 0.264 e. The van der Waals surface area contributed by atoms with Crippen LogP contribution in [0.3, 0.4) is 0 Å². The predicted molar refractivity (Wildman–Crippen MR) is 97.7 cm³/mol. The summed E-state index contributed by atoms with van der Waals surface area (Å²) in [6.45, 7) is 7.74. The van der Waals surface area contributed by atoms with Gasteiger partial charge in [-0.2, -0.15) is 0 Å². The van der Waals surface area contributed by atoms with Crippen LogP contribution < -0.4 is 4.90 Å². The lowest BCUT2D eigenvalue weighted by atomic mass is 10.1. The summed E-state index contributed by atoms with van der Waals surface area (Å²) in [5.41, 5.74) is 3.22. The summed E-state index contributed by atoms with van der Waals surface area (Å²) < 4.78 is 1.74. The quantitative estimate of drug-likeness (QED) is 0.613. The van der Waals surface area contributed by atoms with Gasteiger partial charge in [-0.3, -0.25) is 4.79 Å². The zero-order chi connectivity index (χ0) is 16.6. The molecule has 0 saturated carbocycles. The largest absolute Gasteiger partial charge is 0.335 e. The van der Waals surface area contributed by atoms with E-state index in [1.54, 1.807) is 15.7 Å². The maximum absolute atomic E-state index is 12.4. The molecule has 0 radical (unpaired) electrons. The fourth-order valence-electron chi connectivity index (χ4n) is 3.17. The Morgan fingerprint density at radius 1 is 1.43 bits per heavy atom. The molecule has 2 aliphatic heterocycles. The summed E-state index contributed by atoms with van der Waals surface area (Å²) in [6, 6.07) is 8.30. The molecule has 0 aromatic heterocycles. The van der Waals surface area contributed by atoms with E-state index in [1.165, 1.54) is 15.6 Å². The van der Waals surface area contributed by atoms with Gasteiger partial charge in [0.2, 0.25) is 11.8 Å². The van der Waals surface area contributed by atoms with Crippen LogP contribution in [0.15, 0.2) is 51.4 Å². The average molecular weight is 346 g/mol. The summed E-state index contributed by atoms with van der Waals surface area (Å²) >= 11 is 7.09. The van der Waals surface area contributed by atoms with Crippen LogP contribution >= 0.6 is 11.8 Å².